The second-order valence-electron chi connectivity index (χ2n) is 8.37. The zero-order valence-corrected chi connectivity index (χ0v) is 18.8. The number of ether oxygens (including phenoxy) is 3. The Kier molecular flexibility index (Phi) is 7.46. The summed E-state index contributed by atoms with van der Waals surface area (Å²) < 4.78 is 17.7. The van der Waals surface area contributed by atoms with Gasteiger partial charge in [0.25, 0.3) is 0 Å². The maximum atomic E-state index is 12.0. The average molecular weight is 433 g/mol. The van der Waals surface area contributed by atoms with Gasteiger partial charge in [-0.3, -0.25) is 0 Å². The zero-order chi connectivity index (χ0) is 22.2. The third-order valence-electron chi connectivity index (χ3n) is 6.18. The van der Waals surface area contributed by atoms with Gasteiger partial charge in [0.2, 0.25) is 0 Å². The number of benzene rings is 3. The van der Waals surface area contributed by atoms with Gasteiger partial charge in [0.05, 0.1) is 18.8 Å². The lowest BCUT2D eigenvalue weighted by molar-refractivity contribution is 0.0177. The van der Waals surface area contributed by atoms with E-state index in [4.69, 9.17) is 14.2 Å². The van der Waals surface area contributed by atoms with E-state index in [0.717, 1.165) is 46.6 Å². The van der Waals surface area contributed by atoms with E-state index in [0.29, 0.717) is 39.3 Å². The second kappa shape index (κ2) is 10.7. The van der Waals surface area contributed by atoms with Crippen molar-refractivity contribution in [1.82, 2.24) is 0 Å². The molecule has 0 aromatic heterocycles. The Morgan fingerprint density at radius 2 is 1.16 bits per heavy atom. The van der Waals surface area contributed by atoms with Crippen LogP contribution in [0.1, 0.15) is 35.1 Å². The molecule has 1 aliphatic rings. The summed E-state index contributed by atoms with van der Waals surface area (Å²) >= 11 is 0. The molecule has 1 aliphatic heterocycles. The quantitative estimate of drug-likeness (QED) is 0.572. The molecule has 1 N–H and O–H groups in total. The first-order chi connectivity index (χ1) is 15.7. The van der Waals surface area contributed by atoms with Crippen LogP contribution in [0.4, 0.5) is 0 Å². The predicted octanol–water partition coefficient (Wildman–Crippen LogP) is 5.24. The first-order valence-corrected chi connectivity index (χ1v) is 11.4. The van der Waals surface area contributed by atoms with Crippen LogP contribution < -0.4 is 9.47 Å². The van der Waals surface area contributed by atoms with Crippen molar-refractivity contribution in [3.63, 3.8) is 0 Å². The van der Waals surface area contributed by atoms with E-state index < -0.39 is 5.60 Å². The zero-order valence-electron chi connectivity index (χ0n) is 18.8. The number of hydrogen-bond donors (Lipinski definition) is 1. The van der Waals surface area contributed by atoms with Gasteiger partial charge in [-0.15, -0.1) is 0 Å². The predicted molar refractivity (Wildman–Crippen MR) is 126 cm³/mol. The third-order valence-corrected chi connectivity index (χ3v) is 6.18. The summed E-state index contributed by atoms with van der Waals surface area (Å²) in [4.78, 5) is 0. The Labute approximate surface area is 190 Å². The number of aliphatic hydroxyl groups is 1. The minimum atomic E-state index is -0.953. The van der Waals surface area contributed by atoms with Crippen LogP contribution in [0.5, 0.6) is 11.5 Å². The van der Waals surface area contributed by atoms with Crippen molar-refractivity contribution in [3.8, 4) is 11.5 Å². The molecule has 0 unspecified atom stereocenters. The standard InChI is InChI=1S/C28H32O4/c1-22-8-2-5-11-25(22)28(29)16-14-23-9-3-6-12-26(23)31-20-18-30-19-21-32-27-13-7-4-10-24(27)15-17-28/h2-13,29H,14-21H2,1H3. The lowest BCUT2D eigenvalue weighted by atomic mass is 9.81. The van der Waals surface area contributed by atoms with Crippen LogP contribution in [0.25, 0.3) is 0 Å². The van der Waals surface area contributed by atoms with Crippen molar-refractivity contribution in [2.24, 2.45) is 0 Å². The third kappa shape index (κ3) is 5.50. The van der Waals surface area contributed by atoms with Crippen LogP contribution in [0.15, 0.2) is 72.8 Å². The molecule has 32 heavy (non-hydrogen) atoms. The molecular weight excluding hydrogens is 400 g/mol. The molecule has 0 saturated carbocycles. The van der Waals surface area contributed by atoms with E-state index in [1.165, 1.54) is 0 Å². The van der Waals surface area contributed by atoms with Gasteiger partial charge in [-0.25, -0.2) is 0 Å². The number of fused-ring (bicyclic) bond motifs is 2. The van der Waals surface area contributed by atoms with E-state index in [2.05, 4.69) is 31.2 Å². The average Bonchev–Trinajstić information content (AvgIpc) is 2.82. The summed E-state index contributed by atoms with van der Waals surface area (Å²) in [5.41, 5.74) is 3.36. The molecule has 4 rings (SSSR count). The van der Waals surface area contributed by atoms with E-state index in [1.807, 2.05) is 48.5 Å². The molecule has 4 nitrogen and oxygen atoms in total. The van der Waals surface area contributed by atoms with Gasteiger partial charge in [-0.2, -0.15) is 0 Å². The Bertz CT molecular complexity index is 958. The maximum absolute atomic E-state index is 12.0. The van der Waals surface area contributed by atoms with Gasteiger partial charge in [0, 0.05) is 0 Å². The van der Waals surface area contributed by atoms with Crippen LogP contribution in [0, 0.1) is 6.92 Å². The summed E-state index contributed by atoms with van der Waals surface area (Å²) in [5, 5.41) is 12.0. The molecule has 0 fully saturated rings. The summed E-state index contributed by atoms with van der Waals surface area (Å²) in [7, 11) is 0. The Balaban J connectivity index is 1.66. The molecule has 168 valence electrons. The maximum Gasteiger partial charge on any atom is 0.122 e. The van der Waals surface area contributed by atoms with Crippen LogP contribution in [-0.4, -0.2) is 31.5 Å². The highest BCUT2D eigenvalue weighted by Gasteiger charge is 2.31. The second-order valence-corrected chi connectivity index (χ2v) is 8.37. The van der Waals surface area contributed by atoms with Crippen LogP contribution >= 0.6 is 0 Å². The summed E-state index contributed by atoms with van der Waals surface area (Å²) in [5.74, 6) is 1.72. The van der Waals surface area contributed by atoms with E-state index in [1.54, 1.807) is 0 Å². The largest absolute Gasteiger partial charge is 0.491 e. The molecule has 0 amide bonds. The fraction of sp³-hybridized carbons (Fsp3) is 0.357. The minimum Gasteiger partial charge on any atom is -0.491 e. The topological polar surface area (TPSA) is 47.9 Å². The van der Waals surface area contributed by atoms with Crippen LogP contribution in [0.3, 0.4) is 0 Å². The highest BCUT2D eigenvalue weighted by molar-refractivity contribution is 5.37. The summed E-state index contributed by atoms with van der Waals surface area (Å²) in [6, 6.07) is 24.3. The van der Waals surface area contributed by atoms with E-state index >= 15 is 0 Å². The lowest BCUT2D eigenvalue weighted by Crippen LogP contribution is -2.28. The molecule has 1 heterocycles. The molecule has 3 aromatic rings. The fourth-order valence-corrected chi connectivity index (χ4v) is 4.40. The number of aryl methyl sites for hydroxylation is 3. The lowest BCUT2D eigenvalue weighted by Gasteiger charge is -2.31. The summed E-state index contributed by atoms with van der Waals surface area (Å²) in [6.07, 6.45) is 2.66. The molecule has 3 aromatic carbocycles. The summed E-state index contributed by atoms with van der Waals surface area (Å²) in [6.45, 7) is 4.05. The minimum absolute atomic E-state index is 0.482. The number of hydrogen-bond acceptors (Lipinski definition) is 4. The molecular formula is C28H32O4. The normalized spacial score (nSPS) is 17.3. The van der Waals surface area contributed by atoms with Gasteiger partial charge >= 0.3 is 0 Å². The van der Waals surface area contributed by atoms with E-state index in [9.17, 15) is 5.11 Å². The Hall–Kier alpha value is -2.82. The first-order valence-electron chi connectivity index (χ1n) is 11.4. The Morgan fingerprint density at radius 1 is 0.656 bits per heavy atom. The van der Waals surface area contributed by atoms with Crippen molar-refractivity contribution in [1.29, 1.82) is 0 Å². The molecule has 0 saturated heterocycles. The number of para-hydroxylation sites is 2. The van der Waals surface area contributed by atoms with Gasteiger partial charge in [0.1, 0.15) is 24.7 Å². The highest BCUT2D eigenvalue weighted by Crippen LogP contribution is 2.36. The fourth-order valence-electron chi connectivity index (χ4n) is 4.40. The van der Waals surface area contributed by atoms with Gasteiger partial charge < -0.3 is 19.3 Å². The van der Waals surface area contributed by atoms with Crippen molar-refractivity contribution < 1.29 is 19.3 Å². The van der Waals surface area contributed by atoms with Crippen molar-refractivity contribution in [2.45, 2.75) is 38.2 Å². The molecule has 0 radical (unpaired) electrons. The van der Waals surface area contributed by atoms with Gasteiger partial charge in [-0.05, 0) is 67.0 Å². The molecule has 0 bridgehead atoms. The van der Waals surface area contributed by atoms with Crippen LogP contribution in [0.2, 0.25) is 0 Å². The number of rotatable bonds is 1. The molecule has 0 atom stereocenters. The van der Waals surface area contributed by atoms with Crippen molar-refractivity contribution in [2.75, 3.05) is 26.4 Å². The van der Waals surface area contributed by atoms with Crippen molar-refractivity contribution in [3.05, 3.63) is 95.1 Å². The Morgan fingerprint density at radius 3 is 1.72 bits per heavy atom. The SMILES string of the molecule is Cc1ccccc1C1(O)CCc2ccccc2OCCOCCOc2ccccc2CC1. The molecule has 0 aliphatic carbocycles. The van der Waals surface area contributed by atoms with Crippen molar-refractivity contribution >= 4 is 0 Å². The van der Waals surface area contributed by atoms with Gasteiger partial charge in [-0.1, -0.05) is 60.7 Å². The first kappa shape index (κ1) is 22.4. The molecule has 4 heteroatoms. The highest BCUT2D eigenvalue weighted by atomic mass is 16.5. The van der Waals surface area contributed by atoms with E-state index in [-0.39, 0.29) is 0 Å². The van der Waals surface area contributed by atoms with Crippen LogP contribution in [-0.2, 0) is 23.2 Å². The smallest absolute Gasteiger partial charge is 0.122 e. The monoisotopic (exact) mass is 432 g/mol. The molecule has 0 spiro atoms. The van der Waals surface area contributed by atoms with Gasteiger partial charge in [0.15, 0.2) is 0 Å².